The van der Waals surface area contributed by atoms with Crippen LogP contribution in [0.5, 0.6) is 0 Å². The second kappa shape index (κ2) is 8.18. The van der Waals surface area contributed by atoms with E-state index in [9.17, 15) is 24.0 Å². The van der Waals surface area contributed by atoms with E-state index in [4.69, 9.17) is 9.79 Å². The number of rotatable bonds is 4. The van der Waals surface area contributed by atoms with Gasteiger partial charge in [-0.25, -0.2) is 0 Å². The Morgan fingerprint density at radius 1 is 1.05 bits per heavy atom. The SMILES string of the molecule is C=Cc1ccc(C(O)(P(=O)([O-])O)P(=O)([O-])O)cc1.[Na+].[Na+]. The van der Waals surface area contributed by atoms with E-state index in [1.165, 1.54) is 18.2 Å². The fourth-order valence-corrected chi connectivity index (χ4v) is 3.56. The fraction of sp³-hybridized carbons (Fsp3) is 0.111. The zero-order valence-electron chi connectivity index (χ0n) is 11.0. The summed E-state index contributed by atoms with van der Waals surface area (Å²) in [4.78, 5) is 39.8. The molecule has 1 rings (SSSR count). The van der Waals surface area contributed by atoms with Crippen LogP contribution in [0.15, 0.2) is 30.8 Å². The van der Waals surface area contributed by atoms with Crippen molar-refractivity contribution in [3.05, 3.63) is 42.0 Å². The maximum atomic E-state index is 11.0. The van der Waals surface area contributed by atoms with E-state index in [-0.39, 0.29) is 59.1 Å². The molecular weight excluding hydrogens is 328 g/mol. The van der Waals surface area contributed by atoms with Crippen molar-refractivity contribution in [1.82, 2.24) is 0 Å². The molecule has 0 bridgehead atoms. The predicted molar refractivity (Wildman–Crippen MR) is 60.1 cm³/mol. The molecule has 20 heavy (non-hydrogen) atoms. The summed E-state index contributed by atoms with van der Waals surface area (Å²) in [5.74, 6) is 0. The van der Waals surface area contributed by atoms with Gasteiger partial charge < -0.3 is 33.8 Å². The number of hydrogen-bond donors (Lipinski definition) is 3. The molecule has 11 heteroatoms. The molecule has 0 amide bonds. The van der Waals surface area contributed by atoms with Crippen LogP contribution in [0, 0.1) is 0 Å². The third kappa shape index (κ3) is 4.61. The van der Waals surface area contributed by atoms with Crippen LogP contribution in [0.3, 0.4) is 0 Å². The van der Waals surface area contributed by atoms with Crippen LogP contribution in [0.1, 0.15) is 11.1 Å². The summed E-state index contributed by atoms with van der Waals surface area (Å²) in [7, 11) is -11.6. The van der Waals surface area contributed by atoms with Crippen molar-refractivity contribution in [3.8, 4) is 0 Å². The molecule has 0 radical (unpaired) electrons. The van der Waals surface area contributed by atoms with E-state index in [2.05, 4.69) is 6.58 Å². The first-order valence-corrected chi connectivity index (χ1v) is 7.72. The second-order valence-electron chi connectivity index (χ2n) is 3.50. The summed E-state index contributed by atoms with van der Waals surface area (Å²) in [6, 6.07) is 4.41. The molecule has 0 aromatic heterocycles. The maximum Gasteiger partial charge on any atom is 1.00 e. The monoisotopic (exact) mass is 338 g/mol. The van der Waals surface area contributed by atoms with Crippen LogP contribution >= 0.6 is 15.2 Å². The zero-order chi connectivity index (χ0) is 14.2. The van der Waals surface area contributed by atoms with Crippen LogP contribution in [-0.4, -0.2) is 14.9 Å². The van der Waals surface area contributed by atoms with E-state index in [1.54, 1.807) is 0 Å². The summed E-state index contributed by atoms with van der Waals surface area (Å²) >= 11 is 0. The van der Waals surface area contributed by atoms with Gasteiger partial charge in [0.2, 0.25) is 5.08 Å². The number of hydrogen-bond acceptors (Lipinski definition) is 5. The molecule has 100 valence electrons. The minimum Gasteiger partial charge on any atom is -0.776 e. The van der Waals surface area contributed by atoms with Crippen molar-refractivity contribution < 1.29 is 92.9 Å². The zero-order valence-corrected chi connectivity index (χ0v) is 16.8. The van der Waals surface area contributed by atoms with Gasteiger partial charge in [0, 0.05) is 5.56 Å². The minimum absolute atomic E-state index is 0. The van der Waals surface area contributed by atoms with Gasteiger partial charge in [-0.05, 0) is 5.56 Å². The quantitative estimate of drug-likeness (QED) is 0.366. The van der Waals surface area contributed by atoms with E-state index in [0.29, 0.717) is 5.56 Å². The van der Waals surface area contributed by atoms with Crippen molar-refractivity contribution in [3.63, 3.8) is 0 Å². The van der Waals surface area contributed by atoms with Crippen molar-refractivity contribution in [2.75, 3.05) is 0 Å². The molecule has 0 saturated carbocycles. The molecule has 1 aromatic rings. The fourth-order valence-electron chi connectivity index (χ4n) is 1.33. The van der Waals surface area contributed by atoms with Gasteiger partial charge in [-0.3, -0.25) is 0 Å². The Balaban J connectivity index is 0. The first-order chi connectivity index (χ1) is 8.04. The van der Waals surface area contributed by atoms with Gasteiger partial charge in [-0.1, -0.05) is 36.9 Å². The Bertz CT molecular complexity index is 526. The molecule has 7 nitrogen and oxygen atoms in total. The third-order valence-electron chi connectivity index (χ3n) is 2.32. The van der Waals surface area contributed by atoms with Gasteiger partial charge in [0.05, 0.1) is 0 Å². The smallest absolute Gasteiger partial charge is 0.776 e. The van der Waals surface area contributed by atoms with Gasteiger partial charge in [0.15, 0.2) is 15.2 Å². The molecule has 0 aliphatic rings. The summed E-state index contributed by atoms with van der Waals surface area (Å²) in [6.45, 7) is 3.43. The van der Waals surface area contributed by atoms with E-state index in [1.807, 2.05) is 0 Å². The van der Waals surface area contributed by atoms with E-state index in [0.717, 1.165) is 12.1 Å². The largest absolute Gasteiger partial charge is 1.00 e. The Morgan fingerprint density at radius 3 is 1.65 bits per heavy atom. The summed E-state index contributed by atoms with van der Waals surface area (Å²) in [6.07, 6.45) is 1.40. The molecule has 0 fully saturated rings. The van der Waals surface area contributed by atoms with Crippen LogP contribution < -0.4 is 68.9 Å². The normalized spacial score (nSPS) is 19.2. The van der Waals surface area contributed by atoms with Crippen LogP contribution in [-0.2, 0) is 14.2 Å². The summed E-state index contributed by atoms with van der Waals surface area (Å²) in [5, 5.41) is 5.88. The van der Waals surface area contributed by atoms with Crippen LogP contribution in [0.25, 0.3) is 6.08 Å². The third-order valence-corrected chi connectivity index (χ3v) is 5.93. The average Bonchev–Trinajstić information content (AvgIpc) is 2.25. The van der Waals surface area contributed by atoms with Gasteiger partial charge in [0.1, 0.15) is 0 Å². The Labute approximate surface area is 160 Å². The molecule has 3 N–H and O–H groups in total. The topological polar surface area (TPSA) is 141 Å². The summed E-state index contributed by atoms with van der Waals surface area (Å²) in [5.41, 5.74) is -0.159. The molecule has 0 saturated heterocycles. The van der Waals surface area contributed by atoms with E-state index < -0.39 is 25.8 Å². The van der Waals surface area contributed by atoms with Crippen molar-refractivity contribution in [2.24, 2.45) is 0 Å². The standard InChI is InChI=1S/C9H12O7P2.2Na/c1-2-7-3-5-8(6-4-7)9(10,17(11,12)13)18(14,15)16;;/h2-6,10H,1H2,(H2,11,12,13)(H2,14,15,16);;/q;2*+1/p-2. The van der Waals surface area contributed by atoms with Gasteiger partial charge in [0.25, 0.3) is 0 Å². The van der Waals surface area contributed by atoms with Crippen molar-refractivity contribution >= 4 is 21.3 Å². The molecule has 0 aliphatic heterocycles. The molecule has 2 atom stereocenters. The van der Waals surface area contributed by atoms with Crippen molar-refractivity contribution in [2.45, 2.75) is 5.08 Å². The first kappa shape index (κ1) is 23.5. The van der Waals surface area contributed by atoms with Crippen LogP contribution in [0.2, 0.25) is 0 Å². The van der Waals surface area contributed by atoms with Crippen LogP contribution in [0.4, 0.5) is 0 Å². The van der Waals surface area contributed by atoms with Gasteiger partial charge in [-0.15, -0.1) is 0 Å². The molecule has 0 spiro atoms. The first-order valence-electron chi connectivity index (χ1n) is 4.57. The molecule has 0 heterocycles. The summed E-state index contributed by atoms with van der Waals surface area (Å²) < 4.78 is 22.1. The molecule has 2 unspecified atom stereocenters. The Hall–Kier alpha value is 1.22. The molecule has 1 aromatic carbocycles. The second-order valence-corrected chi connectivity index (χ2v) is 7.23. The molecular formula is C9H10Na2O7P2. The predicted octanol–water partition coefficient (Wildman–Crippen LogP) is -6.47. The van der Waals surface area contributed by atoms with E-state index >= 15 is 0 Å². The average molecular weight is 338 g/mol. The minimum atomic E-state index is -5.80. The Kier molecular flexibility index (Phi) is 9.60. The number of aliphatic hydroxyl groups is 1. The molecule has 0 aliphatic carbocycles. The maximum absolute atomic E-state index is 11.0. The van der Waals surface area contributed by atoms with Gasteiger partial charge >= 0.3 is 59.1 Å². The Morgan fingerprint density at radius 2 is 1.40 bits per heavy atom. The van der Waals surface area contributed by atoms with Crippen molar-refractivity contribution in [1.29, 1.82) is 0 Å². The number of benzene rings is 1. The van der Waals surface area contributed by atoms with Gasteiger partial charge in [-0.2, -0.15) is 0 Å².